The highest BCUT2D eigenvalue weighted by atomic mass is 28.4. The minimum absolute atomic E-state index is 0.0667. The fourth-order valence-corrected chi connectivity index (χ4v) is 5.49. The average Bonchev–Trinajstić information content (AvgIpc) is 2.50. The van der Waals surface area contributed by atoms with Crippen LogP contribution >= 0.6 is 0 Å². The molecule has 0 spiro atoms. The van der Waals surface area contributed by atoms with E-state index in [1.165, 1.54) is 0 Å². The predicted molar refractivity (Wildman–Crippen MR) is 104 cm³/mol. The minimum atomic E-state index is -1.88. The van der Waals surface area contributed by atoms with Gasteiger partial charge in [-0.3, -0.25) is 0 Å². The lowest BCUT2D eigenvalue weighted by Crippen LogP contribution is -2.41. The van der Waals surface area contributed by atoms with Crippen LogP contribution in [0.4, 0.5) is 5.69 Å². The molecule has 2 unspecified atom stereocenters. The molecule has 0 saturated carbocycles. The molecule has 0 bridgehead atoms. The molecule has 1 aromatic carbocycles. The minimum Gasteiger partial charge on any atom is -0.409 e. The van der Waals surface area contributed by atoms with E-state index < -0.39 is 8.32 Å². The first kappa shape index (κ1) is 20.7. The Balaban J connectivity index is 3.10. The number of nitrogens with two attached hydrogens (primary N) is 1. The number of nitrogens with one attached hydrogen (secondary N) is 1. The van der Waals surface area contributed by atoms with E-state index in [1.54, 1.807) is 6.07 Å². The molecule has 3 N–H and O–H groups in total. The third-order valence-electron chi connectivity index (χ3n) is 4.82. The maximum Gasteiger partial charge on any atom is 0.190 e. The summed E-state index contributed by atoms with van der Waals surface area (Å²) in [5.74, 6) is 0.589. The van der Waals surface area contributed by atoms with Gasteiger partial charge in [-0.05, 0) is 42.2 Å². The van der Waals surface area contributed by atoms with E-state index in [2.05, 4.69) is 59.1 Å². The number of nitrogen functional groups attached to an aromatic ring is 1. The van der Waals surface area contributed by atoms with Gasteiger partial charge in [0.1, 0.15) is 6.07 Å². The highest BCUT2D eigenvalue weighted by Crippen LogP contribution is 2.34. The molecule has 1 rings (SSSR count). The third-order valence-corrected chi connectivity index (χ3v) is 8.58. The molecule has 0 aliphatic heterocycles. The van der Waals surface area contributed by atoms with E-state index in [0.29, 0.717) is 28.8 Å². The lowest BCUT2D eigenvalue weighted by atomic mass is 10.0. The molecular formula is C19H33N3OSi. The second-order valence-corrected chi connectivity index (χ2v) is 12.1. The zero-order valence-corrected chi connectivity index (χ0v) is 17.2. The van der Waals surface area contributed by atoms with Crippen molar-refractivity contribution in [3.8, 4) is 6.07 Å². The molecule has 0 fully saturated rings. The smallest absolute Gasteiger partial charge is 0.190 e. The molecule has 1 aromatic rings. The normalized spacial score (nSPS) is 14.7. The van der Waals surface area contributed by atoms with E-state index in [1.807, 2.05) is 12.1 Å². The van der Waals surface area contributed by atoms with E-state index in [-0.39, 0.29) is 6.10 Å². The van der Waals surface area contributed by atoms with Gasteiger partial charge < -0.3 is 15.5 Å². The van der Waals surface area contributed by atoms with Gasteiger partial charge in [-0.1, -0.05) is 40.7 Å². The quantitative estimate of drug-likeness (QED) is 0.538. The molecule has 2 atom stereocenters. The van der Waals surface area contributed by atoms with Crippen LogP contribution in [0.2, 0.25) is 18.6 Å². The Kier molecular flexibility index (Phi) is 7.46. The van der Waals surface area contributed by atoms with Crippen LogP contribution in [0.1, 0.15) is 51.8 Å². The standard InChI is InChI=1S/C19H33N3OSi/c1-13(2)15(5)24(6,7)23-19(12-22-14(3)4)16-8-9-18(21)17(10-16)11-20/h8-10,13-15,19,22H,12,21H2,1-7H3. The third kappa shape index (κ3) is 5.62. The first-order valence-electron chi connectivity index (χ1n) is 8.79. The number of nitriles is 1. The molecule has 0 aliphatic carbocycles. The van der Waals surface area contributed by atoms with Crippen molar-refractivity contribution < 1.29 is 4.43 Å². The first-order chi connectivity index (χ1) is 11.1. The average molecular weight is 348 g/mol. The van der Waals surface area contributed by atoms with Gasteiger partial charge in [0.2, 0.25) is 0 Å². The Morgan fingerprint density at radius 2 is 1.83 bits per heavy atom. The Morgan fingerprint density at radius 3 is 2.33 bits per heavy atom. The fourth-order valence-electron chi connectivity index (χ4n) is 2.72. The predicted octanol–water partition coefficient (Wildman–Crippen LogP) is 4.45. The van der Waals surface area contributed by atoms with Gasteiger partial charge in [0.25, 0.3) is 0 Å². The summed E-state index contributed by atoms with van der Waals surface area (Å²) in [6.45, 7) is 16.3. The number of rotatable bonds is 8. The fraction of sp³-hybridized carbons (Fsp3) is 0.632. The summed E-state index contributed by atoms with van der Waals surface area (Å²) in [6, 6.07) is 8.20. The van der Waals surface area contributed by atoms with Crippen molar-refractivity contribution in [2.75, 3.05) is 12.3 Å². The Hall–Kier alpha value is -1.35. The summed E-state index contributed by atoms with van der Waals surface area (Å²) >= 11 is 0. The van der Waals surface area contributed by atoms with Crippen molar-refractivity contribution in [2.45, 2.75) is 65.4 Å². The van der Waals surface area contributed by atoms with Crippen molar-refractivity contribution in [1.82, 2.24) is 5.32 Å². The molecule has 0 heterocycles. The number of hydrogen-bond acceptors (Lipinski definition) is 4. The molecular weight excluding hydrogens is 314 g/mol. The van der Waals surface area contributed by atoms with Crippen LogP contribution in [0.3, 0.4) is 0 Å². The number of hydrogen-bond donors (Lipinski definition) is 2. The molecule has 0 saturated heterocycles. The van der Waals surface area contributed by atoms with Crippen molar-refractivity contribution in [3.05, 3.63) is 29.3 Å². The molecule has 0 radical (unpaired) electrons. The van der Waals surface area contributed by atoms with Crippen LogP contribution in [-0.2, 0) is 4.43 Å². The maximum absolute atomic E-state index is 9.26. The Labute approximate surface area is 148 Å². The summed E-state index contributed by atoms with van der Waals surface area (Å²) in [7, 11) is -1.88. The van der Waals surface area contributed by atoms with Crippen molar-refractivity contribution in [3.63, 3.8) is 0 Å². The van der Waals surface area contributed by atoms with Gasteiger partial charge in [-0.15, -0.1) is 0 Å². The highest BCUT2D eigenvalue weighted by molar-refractivity contribution is 6.72. The van der Waals surface area contributed by atoms with Crippen molar-refractivity contribution in [1.29, 1.82) is 5.26 Å². The van der Waals surface area contributed by atoms with Crippen LogP contribution in [0.5, 0.6) is 0 Å². The molecule has 0 aliphatic rings. The molecule has 4 nitrogen and oxygen atoms in total. The largest absolute Gasteiger partial charge is 0.409 e. The van der Waals surface area contributed by atoms with E-state index in [4.69, 9.17) is 10.2 Å². The zero-order chi connectivity index (χ0) is 18.5. The number of anilines is 1. The van der Waals surface area contributed by atoms with Crippen molar-refractivity contribution in [2.24, 2.45) is 5.92 Å². The van der Waals surface area contributed by atoms with Crippen LogP contribution in [-0.4, -0.2) is 20.9 Å². The van der Waals surface area contributed by atoms with Crippen LogP contribution in [0.15, 0.2) is 18.2 Å². The Bertz CT molecular complexity index is 578. The second-order valence-electron chi connectivity index (χ2n) is 7.76. The van der Waals surface area contributed by atoms with E-state index in [0.717, 1.165) is 12.1 Å². The SMILES string of the molecule is CC(C)NCC(O[Si](C)(C)C(C)C(C)C)c1ccc(N)c(C#N)c1. The topological polar surface area (TPSA) is 71.1 Å². The molecule has 134 valence electrons. The van der Waals surface area contributed by atoms with E-state index >= 15 is 0 Å². The summed E-state index contributed by atoms with van der Waals surface area (Å²) in [6.07, 6.45) is -0.0667. The molecule has 5 heteroatoms. The van der Waals surface area contributed by atoms with Gasteiger partial charge in [0, 0.05) is 18.3 Å². The van der Waals surface area contributed by atoms with Crippen LogP contribution < -0.4 is 11.1 Å². The van der Waals surface area contributed by atoms with Gasteiger partial charge in [0.15, 0.2) is 8.32 Å². The molecule has 0 amide bonds. The lowest BCUT2D eigenvalue weighted by molar-refractivity contribution is 0.180. The summed E-state index contributed by atoms with van der Waals surface area (Å²) in [5, 5.41) is 12.7. The summed E-state index contributed by atoms with van der Waals surface area (Å²) in [5.41, 5.74) is 8.46. The van der Waals surface area contributed by atoms with Crippen molar-refractivity contribution >= 4 is 14.0 Å². The lowest BCUT2D eigenvalue weighted by Gasteiger charge is -2.36. The highest BCUT2D eigenvalue weighted by Gasteiger charge is 2.35. The monoisotopic (exact) mass is 347 g/mol. The number of benzene rings is 1. The van der Waals surface area contributed by atoms with Gasteiger partial charge in [-0.2, -0.15) is 5.26 Å². The molecule has 24 heavy (non-hydrogen) atoms. The maximum atomic E-state index is 9.26. The zero-order valence-electron chi connectivity index (χ0n) is 16.2. The van der Waals surface area contributed by atoms with Gasteiger partial charge in [-0.25, -0.2) is 0 Å². The van der Waals surface area contributed by atoms with Crippen LogP contribution in [0, 0.1) is 17.2 Å². The van der Waals surface area contributed by atoms with Crippen LogP contribution in [0.25, 0.3) is 0 Å². The van der Waals surface area contributed by atoms with Gasteiger partial charge in [0.05, 0.1) is 11.7 Å². The summed E-state index contributed by atoms with van der Waals surface area (Å²) < 4.78 is 6.66. The summed E-state index contributed by atoms with van der Waals surface area (Å²) in [4.78, 5) is 0. The molecule has 0 aromatic heterocycles. The van der Waals surface area contributed by atoms with E-state index in [9.17, 15) is 5.26 Å². The first-order valence-corrected chi connectivity index (χ1v) is 11.8. The van der Waals surface area contributed by atoms with Gasteiger partial charge >= 0.3 is 0 Å². The Morgan fingerprint density at radius 1 is 1.21 bits per heavy atom. The number of nitrogens with zero attached hydrogens (tertiary/aromatic N) is 1. The second kappa shape index (κ2) is 8.66.